The van der Waals surface area contributed by atoms with Crippen LogP contribution < -0.4 is 0 Å². The lowest BCUT2D eigenvalue weighted by Crippen LogP contribution is -2.39. The third kappa shape index (κ3) is 5.04. The molecule has 1 aliphatic heterocycles. The second-order valence-electron chi connectivity index (χ2n) is 5.61. The fourth-order valence-corrected chi connectivity index (χ4v) is 2.77. The van der Waals surface area contributed by atoms with Gasteiger partial charge in [-0.3, -0.25) is 9.45 Å². The highest BCUT2D eigenvalue weighted by molar-refractivity contribution is 7.85. The van der Waals surface area contributed by atoms with Gasteiger partial charge in [-0.2, -0.15) is 8.42 Å². The van der Waals surface area contributed by atoms with Gasteiger partial charge in [0.05, 0.1) is 11.8 Å². The second-order valence-corrected chi connectivity index (χ2v) is 7.35. The highest BCUT2D eigenvalue weighted by atomic mass is 32.2. The van der Waals surface area contributed by atoms with E-state index >= 15 is 0 Å². The summed E-state index contributed by atoms with van der Waals surface area (Å²) >= 11 is 0. The summed E-state index contributed by atoms with van der Waals surface area (Å²) in [4.78, 5) is 13.0. The summed E-state index contributed by atoms with van der Waals surface area (Å²) < 4.78 is 26.9. The van der Waals surface area contributed by atoms with Gasteiger partial charge in [-0.25, -0.2) is 4.79 Å². The zero-order valence-electron chi connectivity index (χ0n) is 13.9. The van der Waals surface area contributed by atoms with Crippen molar-refractivity contribution in [1.29, 1.82) is 0 Å². The average Bonchev–Trinajstić information content (AvgIpc) is 2.61. The van der Waals surface area contributed by atoms with Gasteiger partial charge in [0.25, 0.3) is 10.1 Å². The Balaban J connectivity index is 0.000000326. The fourth-order valence-electron chi connectivity index (χ4n) is 2.77. The van der Waals surface area contributed by atoms with Crippen LogP contribution in [0.5, 0.6) is 0 Å². The molecular formula is C18H21NO5S. The van der Waals surface area contributed by atoms with E-state index in [0.29, 0.717) is 6.54 Å². The molecule has 3 rings (SSSR count). The Morgan fingerprint density at radius 2 is 1.68 bits per heavy atom. The SMILES string of the molecule is CCS(=O)(=O)O.O=C(O)N1CCc2ccccc2[C@H]1c1ccccc1. The summed E-state index contributed by atoms with van der Waals surface area (Å²) in [5.74, 6) is -0.201. The van der Waals surface area contributed by atoms with Gasteiger partial charge < -0.3 is 5.11 Å². The van der Waals surface area contributed by atoms with Crippen LogP contribution in [0.2, 0.25) is 0 Å². The second kappa shape index (κ2) is 8.13. The predicted octanol–water partition coefficient (Wildman–Crippen LogP) is 3.21. The molecular weight excluding hydrogens is 342 g/mol. The maximum atomic E-state index is 11.5. The molecule has 2 N–H and O–H groups in total. The standard InChI is InChI=1S/C16H15NO2.C2H6O3S/c18-16(19)17-11-10-12-6-4-5-9-14(12)15(17)13-7-2-1-3-8-13;1-2-6(3,4)5/h1-9,15H,10-11H2,(H,18,19);2H2,1H3,(H,3,4,5)/t15-;/m1./s1. The van der Waals surface area contributed by atoms with Gasteiger partial charge in [0, 0.05) is 6.54 Å². The molecule has 0 unspecified atom stereocenters. The van der Waals surface area contributed by atoms with Crippen LogP contribution in [0.25, 0.3) is 0 Å². The van der Waals surface area contributed by atoms with Crippen LogP contribution in [0, 0.1) is 0 Å². The number of amides is 1. The van der Waals surface area contributed by atoms with Crippen LogP contribution in [-0.4, -0.2) is 41.4 Å². The largest absolute Gasteiger partial charge is 0.465 e. The molecule has 0 spiro atoms. The number of nitrogens with zero attached hydrogens (tertiary/aromatic N) is 1. The van der Waals surface area contributed by atoms with E-state index in [1.54, 1.807) is 0 Å². The highest BCUT2D eigenvalue weighted by Gasteiger charge is 2.31. The number of carboxylic acid groups (broad SMARTS) is 1. The molecule has 0 radical (unpaired) electrons. The molecule has 0 bridgehead atoms. The summed E-state index contributed by atoms with van der Waals surface area (Å²) in [6, 6.07) is 17.7. The van der Waals surface area contributed by atoms with Gasteiger partial charge in [0.15, 0.2) is 0 Å². The van der Waals surface area contributed by atoms with Gasteiger partial charge in [0.1, 0.15) is 0 Å². The Morgan fingerprint density at radius 1 is 1.12 bits per heavy atom. The number of hydrogen-bond donors (Lipinski definition) is 2. The first-order valence-electron chi connectivity index (χ1n) is 7.91. The summed E-state index contributed by atoms with van der Waals surface area (Å²) in [7, 11) is -3.66. The van der Waals surface area contributed by atoms with Gasteiger partial charge in [-0.15, -0.1) is 0 Å². The lowest BCUT2D eigenvalue weighted by atomic mass is 9.88. The molecule has 7 heteroatoms. The van der Waals surface area contributed by atoms with Crippen LogP contribution in [-0.2, 0) is 16.5 Å². The summed E-state index contributed by atoms with van der Waals surface area (Å²) in [6.45, 7) is 1.92. The van der Waals surface area contributed by atoms with Crippen molar-refractivity contribution in [1.82, 2.24) is 4.90 Å². The topological polar surface area (TPSA) is 94.9 Å². The van der Waals surface area contributed by atoms with Crippen molar-refractivity contribution >= 4 is 16.2 Å². The molecule has 2 aromatic rings. The first-order chi connectivity index (χ1) is 11.8. The summed E-state index contributed by atoms with van der Waals surface area (Å²) in [6.07, 6.45) is -0.0745. The van der Waals surface area contributed by atoms with Crippen LogP contribution in [0.1, 0.15) is 29.7 Å². The smallest absolute Gasteiger partial charge is 0.408 e. The molecule has 0 aromatic heterocycles. The van der Waals surface area contributed by atoms with Crippen molar-refractivity contribution in [2.75, 3.05) is 12.3 Å². The Hall–Kier alpha value is -2.38. The van der Waals surface area contributed by atoms with Gasteiger partial charge in [0.2, 0.25) is 0 Å². The van der Waals surface area contributed by atoms with E-state index in [1.165, 1.54) is 17.4 Å². The molecule has 1 aliphatic rings. The van der Waals surface area contributed by atoms with Crippen LogP contribution in [0.15, 0.2) is 54.6 Å². The minimum absolute atomic E-state index is 0.191. The maximum Gasteiger partial charge on any atom is 0.408 e. The van der Waals surface area contributed by atoms with Crippen LogP contribution in [0.3, 0.4) is 0 Å². The van der Waals surface area contributed by atoms with E-state index in [0.717, 1.165) is 17.5 Å². The zero-order chi connectivity index (χ0) is 18.4. The van der Waals surface area contributed by atoms with Crippen molar-refractivity contribution < 1.29 is 22.9 Å². The molecule has 6 nitrogen and oxygen atoms in total. The number of fused-ring (bicyclic) bond motifs is 1. The molecule has 134 valence electrons. The first-order valence-corrected chi connectivity index (χ1v) is 9.52. The minimum atomic E-state index is -3.66. The Bertz CT molecular complexity index is 820. The molecule has 1 heterocycles. The van der Waals surface area contributed by atoms with Crippen LogP contribution >= 0.6 is 0 Å². The van der Waals surface area contributed by atoms with Gasteiger partial charge in [-0.05, 0) is 30.0 Å². The minimum Gasteiger partial charge on any atom is -0.465 e. The molecule has 0 saturated carbocycles. The Kier molecular flexibility index (Phi) is 6.17. The maximum absolute atomic E-state index is 11.5. The number of carbonyl (C=O) groups is 1. The van der Waals surface area contributed by atoms with E-state index in [2.05, 4.69) is 6.07 Å². The van der Waals surface area contributed by atoms with E-state index in [4.69, 9.17) is 4.55 Å². The van der Waals surface area contributed by atoms with E-state index in [-0.39, 0.29) is 11.8 Å². The third-order valence-electron chi connectivity index (χ3n) is 4.01. The first kappa shape index (κ1) is 19.0. The van der Waals surface area contributed by atoms with Gasteiger partial charge in [-0.1, -0.05) is 54.6 Å². The number of benzene rings is 2. The molecule has 0 aliphatic carbocycles. The number of rotatable bonds is 2. The van der Waals surface area contributed by atoms with Crippen molar-refractivity contribution in [3.8, 4) is 0 Å². The van der Waals surface area contributed by atoms with Gasteiger partial charge >= 0.3 is 6.09 Å². The molecule has 25 heavy (non-hydrogen) atoms. The monoisotopic (exact) mass is 363 g/mol. The summed E-state index contributed by atoms with van der Waals surface area (Å²) in [5, 5.41) is 9.42. The van der Waals surface area contributed by atoms with Crippen molar-refractivity contribution in [2.24, 2.45) is 0 Å². The summed E-state index contributed by atoms with van der Waals surface area (Å²) in [5.41, 5.74) is 3.37. The highest BCUT2D eigenvalue weighted by Crippen LogP contribution is 2.34. The third-order valence-corrected chi connectivity index (χ3v) is 4.74. The molecule has 1 amide bonds. The zero-order valence-corrected chi connectivity index (χ0v) is 14.7. The van der Waals surface area contributed by atoms with E-state index in [1.807, 2.05) is 48.5 Å². The lowest BCUT2D eigenvalue weighted by Gasteiger charge is -2.35. The van der Waals surface area contributed by atoms with E-state index < -0.39 is 16.2 Å². The fraction of sp³-hybridized carbons (Fsp3) is 0.278. The molecule has 0 fully saturated rings. The Labute approximate surface area is 147 Å². The Morgan fingerprint density at radius 3 is 2.24 bits per heavy atom. The van der Waals surface area contributed by atoms with Crippen molar-refractivity contribution in [3.63, 3.8) is 0 Å². The molecule has 2 aromatic carbocycles. The van der Waals surface area contributed by atoms with E-state index in [9.17, 15) is 18.3 Å². The quantitative estimate of drug-likeness (QED) is 0.799. The number of hydrogen-bond acceptors (Lipinski definition) is 3. The normalized spacial score (nSPS) is 16.4. The predicted molar refractivity (Wildman–Crippen MR) is 95.3 cm³/mol. The molecule has 0 saturated heterocycles. The van der Waals surface area contributed by atoms with Crippen molar-refractivity contribution in [2.45, 2.75) is 19.4 Å². The van der Waals surface area contributed by atoms with Crippen LogP contribution in [0.4, 0.5) is 4.79 Å². The lowest BCUT2D eigenvalue weighted by molar-refractivity contribution is 0.129. The van der Waals surface area contributed by atoms with Crippen molar-refractivity contribution in [3.05, 3.63) is 71.3 Å². The molecule has 1 atom stereocenters. The average molecular weight is 363 g/mol.